The molecule has 3 heterocycles. The molecule has 176 valence electrons. The number of halogens is 1. The van der Waals surface area contributed by atoms with Gasteiger partial charge in [0, 0.05) is 31.9 Å². The first-order valence-electron chi connectivity index (χ1n) is 10.6. The van der Waals surface area contributed by atoms with Crippen molar-refractivity contribution in [1.29, 1.82) is 0 Å². The second-order valence-electron chi connectivity index (χ2n) is 7.74. The maximum Gasteiger partial charge on any atom is 0.266 e. The van der Waals surface area contributed by atoms with E-state index in [1.54, 1.807) is 19.2 Å². The molecule has 0 radical (unpaired) electrons. The second kappa shape index (κ2) is 8.86. The predicted molar refractivity (Wildman–Crippen MR) is 123 cm³/mol. The number of anilines is 2. The molecule has 1 fully saturated rings. The maximum absolute atomic E-state index is 13.4. The lowest BCUT2D eigenvalue weighted by Crippen LogP contribution is -2.46. The van der Waals surface area contributed by atoms with Gasteiger partial charge in [0.1, 0.15) is 11.6 Å². The molecule has 0 unspecified atom stereocenters. The number of hydrogen-bond acceptors (Lipinski definition) is 8. The Labute approximate surface area is 196 Å². The highest BCUT2D eigenvalue weighted by Crippen LogP contribution is 2.35. The molecule has 8 nitrogen and oxygen atoms in total. The molecule has 10 heteroatoms. The number of rotatable bonds is 6. The zero-order valence-electron chi connectivity index (χ0n) is 18.3. The van der Waals surface area contributed by atoms with E-state index in [0.29, 0.717) is 31.9 Å². The summed E-state index contributed by atoms with van der Waals surface area (Å²) in [5.74, 6) is 0.789. The number of hydrogen-bond donors (Lipinski definition) is 0. The van der Waals surface area contributed by atoms with Crippen LogP contribution in [0.4, 0.5) is 16.0 Å². The normalized spacial score (nSPS) is 14.4. The number of aromatic nitrogens is 1. The van der Waals surface area contributed by atoms with Crippen LogP contribution in [-0.4, -0.2) is 46.7 Å². The van der Waals surface area contributed by atoms with E-state index in [9.17, 15) is 12.8 Å². The van der Waals surface area contributed by atoms with Crippen LogP contribution < -0.4 is 14.5 Å². The summed E-state index contributed by atoms with van der Waals surface area (Å²) in [6.45, 7) is 2.34. The number of ether oxygens (including phenoxy) is 1. The van der Waals surface area contributed by atoms with E-state index < -0.39 is 15.7 Å². The third-order valence-corrected chi connectivity index (χ3v) is 7.36. The Hall–Kier alpha value is -3.79. The van der Waals surface area contributed by atoms with E-state index in [1.165, 1.54) is 18.4 Å². The van der Waals surface area contributed by atoms with Crippen molar-refractivity contribution in [3.05, 3.63) is 72.7 Å². The number of furan rings is 1. The van der Waals surface area contributed by atoms with Gasteiger partial charge in [-0.3, -0.25) is 0 Å². The monoisotopic (exact) mass is 483 g/mol. The molecule has 5 rings (SSSR count). The van der Waals surface area contributed by atoms with Gasteiger partial charge in [-0.25, -0.2) is 12.8 Å². The molecule has 0 atom stereocenters. The molecule has 0 bridgehead atoms. The highest BCUT2D eigenvalue weighted by atomic mass is 32.2. The summed E-state index contributed by atoms with van der Waals surface area (Å²) in [5.41, 5.74) is 1.05. The molecule has 0 saturated carbocycles. The highest BCUT2D eigenvalue weighted by molar-refractivity contribution is 7.91. The van der Waals surface area contributed by atoms with Crippen molar-refractivity contribution >= 4 is 21.4 Å². The Morgan fingerprint density at radius 1 is 0.941 bits per heavy atom. The van der Waals surface area contributed by atoms with E-state index >= 15 is 0 Å². The van der Waals surface area contributed by atoms with Crippen LogP contribution in [0.3, 0.4) is 0 Å². The van der Waals surface area contributed by atoms with E-state index in [1.807, 2.05) is 29.2 Å². The largest absolute Gasteiger partial charge is 0.497 e. The van der Waals surface area contributed by atoms with Gasteiger partial charge in [-0.15, -0.1) is 0 Å². The van der Waals surface area contributed by atoms with Crippen LogP contribution in [0.15, 0.2) is 85.7 Å². The molecule has 1 aliphatic rings. The maximum atomic E-state index is 13.4. The van der Waals surface area contributed by atoms with Gasteiger partial charge in [-0.2, -0.15) is 4.98 Å². The van der Waals surface area contributed by atoms with Crippen LogP contribution in [0, 0.1) is 5.82 Å². The van der Waals surface area contributed by atoms with Gasteiger partial charge in [0.25, 0.3) is 5.89 Å². The molecule has 2 aromatic carbocycles. The minimum Gasteiger partial charge on any atom is -0.497 e. The standard InChI is InChI=1S/C24H22FN3O5S/c1-31-19-8-6-18(7-9-19)27-12-14-28(15-13-27)24-23(26-22(33-24)21-3-2-16-32-21)34(29,30)20-10-4-17(25)5-11-20/h2-11,16H,12-15H2,1H3. The van der Waals surface area contributed by atoms with Gasteiger partial charge in [-0.1, -0.05) is 0 Å². The van der Waals surface area contributed by atoms with Gasteiger partial charge in [0.15, 0.2) is 5.76 Å². The summed E-state index contributed by atoms with van der Waals surface area (Å²) in [7, 11) is -2.44. The van der Waals surface area contributed by atoms with Crippen LogP contribution >= 0.6 is 0 Å². The first-order chi connectivity index (χ1) is 16.5. The van der Waals surface area contributed by atoms with Gasteiger partial charge < -0.3 is 23.4 Å². The molecule has 2 aromatic heterocycles. The van der Waals surface area contributed by atoms with Crippen molar-refractivity contribution in [3.8, 4) is 17.4 Å². The van der Waals surface area contributed by atoms with Gasteiger partial charge in [-0.05, 0) is 60.7 Å². The Morgan fingerprint density at radius 2 is 1.62 bits per heavy atom. The topological polar surface area (TPSA) is 89.0 Å². The van der Waals surface area contributed by atoms with Crippen LogP contribution in [0.1, 0.15) is 0 Å². The molecule has 0 N–H and O–H groups in total. The first kappa shape index (κ1) is 22.0. The van der Waals surface area contributed by atoms with Crippen molar-refractivity contribution < 1.29 is 26.4 Å². The van der Waals surface area contributed by atoms with Gasteiger partial charge in [0.2, 0.25) is 20.7 Å². The van der Waals surface area contributed by atoms with Crippen molar-refractivity contribution in [2.24, 2.45) is 0 Å². The number of piperazine rings is 1. The molecular formula is C24H22FN3O5S. The lowest BCUT2D eigenvalue weighted by molar-refractivity contribution is 0.415. The summed E-state index contributed by atoms with van der Waals surface area (Å²) >= 11 is 0. The van der Waals surface area contributed by atoms with Gasteiger partial charge in [0.05, 0.1) is 18.3 Å². The summed E-state index contributed by atoms with van der Waals surface area (Å²) in [5, 5.41) is -0.219. The van der Waals surface area contributed by atoms with Crippen LogP contribution in [0.25, 0.3) is 11.7 Å². The fraction of sp³-hybridized carbons (Fsp3) is 0.208. The first-order valence-corrected chi connectivity index (χ1v) is 12.1. The second-order valence-corrected chi connectivity index (χ2v) is 9.60. The average Bonchev–Trinajstić information content (AvgIpc) is 3.55. The molecule has 34 heavy (non-hydrogen) atoms. The average molecular weight is 484 g/mol. The third-order valence-electron chi connectivity index (χ3n) is 5.69. The minimum atomic E-state index is -4.06. The lowest BCUT2D eigenvalue weighted by atomic mass is 10.2. The fourth-order valence-electron chi connectivity index (χ4n) is 3.86. The zero-order chi connectivity index (χ0) is 23.7. The number of methoxy groups -OCH3 is 1. The number of nitrogens with zero attached hydrogens (tertiary/aromatic N) is 3. The summed E-state index contributed by atoms with van der Waals surface area (Å²) in [6.07, 6.45) is 1.46. The smallest absolute Gasteiger partial charge is 0.266 e. The van der Waals surface area contributed by atoms with E-state index in [0.717, 1.165) is 23.6 Å². The Morgan fingerprint density at radius 3 is 2.24 bits per heavy atom. The lowest BCUT2D eigenvalue weighted by Gasteiger charge is -2.36. The summed E-state index contributed by atoms with van der Waals surface area (Å²) in [6, 6.07) is 15.7. The minimum absolute atomic E-state index is 0.0636. The quantitative estimate of drug-likeness (QED) is 0.376. The van der Waals surface area contributed by atoms with Crippen LogP contribution in [0.5, 0.6) is 5.75 Å². The van der Waals surface area contributed by atoms with Crippen molar-refractivity contribution in [2.45, 2.75) is 9.92 Å². The number of sulfone groups is 1. The molecule has 0 aliphatic carbocycles. The Kier molecular flexibility index (Phi) is 5.74. The Balaban J connectivity index is 1.45. The molecule has 4 aromatic rings. The molecule has 1 aliphatic heterocycles. The van der Waals surface area contributed by atoms with Crippen molar-refractivity contribution in [1.82, 2.24) is 4.98 Å². The van der Waals surface area contributed by atoms with Crippen molar-refractivity contribution in [3.63, 3.8) is 0 Å². The van der Waals surface area contributed by atoms with E-state index in [4.69, 9.17) is 13.6 Å². The molecule has 1 saturated heterocycles. The summed E-state index contributed by atoms with van der Waals surface area (Å²) in [4.78, 5) is 8.28. The molecular weight excluding hydrogens is 461 g/mol. The summed E-state index contributed by atoms with van der Waals surface area (Å²) < 4.78 is 56.7. The van der Waals surface area contributed by atoms with E-state index in [-0.39, 0.29) is 21.7 Å². The molecule has 0 spiro atoms. The van der Waals surface area contributed by atoms with Gasteiger partial charge >= 0.3 is 0 Å². The number of benzene rings is 2. The third kappa shape index (κ3) is 4.12. The van der Waals surface area contributed by atoms with E-state index in [2.05, 4.69) is 9.88 Å². The number of oxazole rings is 1. The zero-order valence-corrected chi connectivity index (χ0v) is 19.2. The van der Waals surface area contributed by atoms with Crippen LogP contribution in [0.2, 0.25) is 0 Å². The molecule has 0 amide bonds. The Bertz CT molecular complexity index is 1360. The highest BCUT2D eigenvalue weighted by Gasteiger charge is 2.33. The van der Waals surface area contributed by atoms with Crippen molar-refractivity contribution in [2.75, 3.05) is 43.1 Å². The predicted octanol–water partition coefficient (Wildman–Crippen LogP) is 4.24. The fourth-order valence-corrected chi connectivity index (χ4v) is 5.19. The SMILES string of the molecule is COc1ccc(N2CCN(c3oc(-c4ccco4)nc3S(=O)(=O)c3ccc(F)cc3)CC2)cc1. The van der Waals surface area contributed by atoms with Crippen LogP contribution in [-0.2, 0) is 9.84 Å².